The third-order valence-corrected chi connectivity index (χ3v) is 5.45. The van der Waals surface area contributed by atoms with Crippen molar-refractivity contribution in [1.29, 1.82) is 0 Å². The summed E-state index contributed by atoms with van der Waals surface area (Å²) in [7, 11) is 0. The number of rotatable bonds is 20. The Kier molecular flexibility index (Phi) is 17.1. The van der Waals surface area contributed by atoms with Gasteiger partial charge in [0.15, 0.2) is 0 Å². The summed E-state index contributed by atoms with van der Waals surface area (Å²) >= 11 is 0. The molecule has 30 heavy (non-hydrogen) atoms. The van der Waals surface area contributed by atoms with E-state index in [1.165, 1.54) is 83.5 Å². The molecule has 172 valence electrons. The molecule has 4 nitrogen and oxygen atoms in total. The van der Waals surface area contributed by atoms with Gasteiger partial charge in [0.05, 0.1) is 18.8 Å². The minimum atomic E-state index is -0.0208. The van der Waals surface area contributed by atoms with Gasteiger partial charge < -0.3 is 15.4 Å². The van der Waals surface area contributed by atoms with Gasteiger partial charge in [-0.05, 0) is 32.0 Å². The summed E-state index contributed by atoms with van der Waals surface area (Å²) in [5, 5.41) is 6.17. The summed E-state index contributed by atoms with van der Waals surface area (Å²) in [6.07, 6.45) is 19.1. The van der Waals surface area contributed by atoms with Crippen molar-refractivity contribution < 1.29 is 9.53 Å². The minimum absolute atomic E-state index is 0.0208. The molecule has 0 saturated carbocycles. The number of amides is 1. The van der Waals surface area contributed by atoms with Crippen LogP contribution >= 0.6 is 0 Å². The van der Waals surface area contributed by atoms with Crippen LogP contribution in [0.15, 0.2) is 24.3 Å². The fraction of sp³-hybridized carbons (Fsp3) is 0.731. The van der Waals surface area contributed by atoms with Crippen molar-refractivity contribution in [3.05, 3.63) is 24.3 Å². The molecule has 0 unspecified atom stereocenters. The zero-order valence-electron chi connectivity index (χ0n) is 19.6. The first-order valence-electron chi connectivity index (χ1n) is 12.5. The van der Waals surface area contributed by atoms with Crippen molar-refractivity contribution in [1.82, 2.24) is 5.32 Å². The molecule has 0 saturated heterocycles. The third kappa shape index (κ3) is 14.4. The molecular weight excluding hydrogens is 372 g/mol. The molecule has 0 heterocycles. The van der Waals surface area contributed by atoms with Gasteiger partial charge in [-0.1, -0.05) is 103 Å². The van der Waals surface area contributed by atoms with Gasteiger partial charge in [-0.3, -0.25) is 4.79 Å². The highest BCUT2D eigenvalue weighted by Crippen LogP contribution is 2.23. The lowest BCUT2D eigenvalue weighted by atomic mass is 10.0. The molecule has 0 fully saturated rings. The van der Waals surface area contributed by atoms with E-state index in [1.54, 1.807) is 0 Å². The number of unbranched alkanes of at least 4 members (excludes halogenated alkanes) is 13. The van der Waals surface area contributed by atoms with Gasteiger partial charge >= 0.3 is 0 Å². The second-order valence-corrected chi connectivity index (χ2v) is 8.25. The molecule has 0 bridgehead atoms. The number of carbonyl (C=O) groups excluding carboxylic acids is 1. The van der Waals surface area contributed by atoms with Crippen LogP contribution in [0.3, 0.4) is 0 Å². The van der Waals surface area contributed by atoms with E-state index in [-0.39, 0.29) is 5.91 Å². The summed E-state index contributed by atoms with van der Waals surface area (Å²) < 4.78 is 5.54. The van der Waals surface area contributed by atoms with Crippen molar-refractivity contribution >= 4 is 11.6 Å². The number of nitrogens with one attached hydrogen (secondary N) is 2. The van der Waals surface area contributed by atoms with Crippen LogP contribution in [0.25, 0.3) is 0 Å². The maximum Gasteiger partial charge on any atom is 0.238 e. The minimum Gasteiger partial charge on any atom is -0.492 e. The van der Waals surface area contributed by atoms with E-state index in [0.717, 1.165) is 24.4 Å². The summed E-state index contributed by atoms with van der Waals surface area (Å²) in [6, 6.07) is 7.56. The first kappa shape index (κ1) is 26.5. The predicted octanol–water partition coefficient (Wildman–Crippen LogP) is 7.09. The number of anilines is 1. The molecule has 1 amide bonds. The van der Waals surface area contributed by atoms with E-state index in [0.29, 0.717) is 13.2 Å². The number of ether oxygens (including phenoxy) is 1. The quantitative estimate of drug-likeness (QED) is 0.222. The Hall–Kier alpha value is -1.55. The Morgan fingerprint density at radius 3 is 1.87 bits per heavy atom. The van der Waals surface area contributed by atoms with Gasteiger partial charge in [0.1, 0.15) is 5.75 Å². The van der Waals surface area contributed by atoms with E-state index < -0.39 is 0 Å². The van der Waals surface area contributed by atoms with Gasteiger partial charge in [-0.15, -0.1) is 0 Å². The zero-order chi connectivity index (χ0) is 21.7. The smallest absolute Gasteiger partial charge is 0.238 e. The van der Waals surface area contributed by atoms with Crippen LogP contribution in [-0.4, -0.2) is 25.6 Å². The van der Waals surface area contributed by atoms with E-state index in [9.17, 15) is 4.79 Å². The summed E-state index contributed by atoms with van der Waals surface area (Å²) in [5.41, 5.74) is 0.739. The fourth-order valence-electron chi connectivity index (χ4n) is 3.69. The van der Waals surface area contributed by atoms with Crippen molar-refractivity contribution in [2.45, 2.75) is 104 Å². The molecule has 0 spiro atoms. The van der Waals surface area contributed by atoms with Gasteiger partial charge in [-0.25, -0.2) is 0 Å². The lowest BCUT2D eigenvalue weighted by Gasteiger charge is -2.11. The first-order chi connectivity index (χ1) is 14.8. The maximum absolute atomic E-state index is 12.1. The lowest BCUT2D eigenvalue weighted by molar-refractivity contribution is -0.115. The lowest BCUT2D eigenvalue weighted by Crippen LogP contribution is -2.28. The van der Waals surface area contributed by atoms with Crippen LogP contribution in [0.5, 0.6) is 5.75 Å². The van der Waals surface area contributed by atoms with Crippen molar-refractivity contribution in [2.75, 3.05) is 25.0 Å². The Labute approximate surface area is 185 Å². The SMILES string of the molecule is CCCCCCCCCCCCCCCCNCC(=O)Nc1ccccc1OCC. The highest BCUT2D eigenvalue weighted by molar-refractivity contribution is 5.93. The largest absolute Gasteiger partial charge is 0.492 e. The topological polar surface area (TPSA) is 50.4 Å². The highest BCUT2D eigenvalue weighted by atomic mass is 16.5. The molecular formula is C26H46N2O2. The first-order valence-corrected chi connectivity index (χ1v) is 12.5. The van der Waals surface area contributed by atoms with Crippen LogP contribution < -0.4 is 15.4 Å². The number of hydrogen-bond acceptors (Lipinski definition) is 3. The molecule has 0 aliphatic rings. The highest BCUT2D eigenvalue weighted by Gasteiger charge is 2.06. The summed E-state index contributed by atoms with van der Waals surface area (Å²) in [4.78, 5) is 12.1. The second kappa shape index (κ2) is 19.4. The molecule has 0 radical (unpaired) electrons. The van der Waals surface area contributed by atoms with Gasteiger partial charge in [-0.2, -0.15) is 0 Å². The second-order valence-electron chi connectivity index (χ2n) is 8.25. The van der Waals surface area contributed by atoms with Crippen LogP contribution in [0.1, 0.15) is 104 Å². The standard InChI is InChI=1S/C26H46N2O2/c1-3-5-6-7-8-9-10-11-12-13-14-15-16-19-22-27-23-26(29)28-24-20-17-18-21-25(24)30-4-2/h17-18,20-21,27H,3-16,19,22-23H2,1-2H3,(H,28,29). The molecule has 0 aromatic heterocycles. The van der Waals surface area contributed by atoms with Crippen LogP contribution in [0.2, 0.25) is 0 Å². The molecule has 1 aromatic carbocycles. The Bertz CT molecular complexity index is 534. The third-order valence-electron chi connectivity index (χ3n) is 5.45. The molecule has 1 aromatic rings. The van der Waals surface area contributed by atoms with Gasteiger partial charge in [0, 0.05) is 0 Å². The van der Waals surface area contributed by atoms with Crippen LogP contribution in [0.4, 0.5) is 5.69 Å². The van der Waals surface area contributed by atoms with E-state index in [1.807, 2.05) is 31.2 Å². The Morgan fingerprint density at radius 2 is 1.30 bits per heavy atom. The average molecular weight is 419 g/mol. The average Bonchev–Trinajstić information content (AvgIpc) is 2.75. The van der Waals surface area contributed by atoms with E-state index in [4.69, 9.17) is 4.74 Å². The fourth-order valence-corrected chi connectivity index (χ4v) is 3.69. The van der Waals surface area contributed by atoms with Crippen molar-refractivity contribution in [3.8, 4) is 5.75 Å². The normalized spacial score (nSPS) is 10.9. The molecule has 4 heteroatoms. The van der Waals surface area contributed by atoms with Crippen LogP contribution in [-0.2, 0) is 4.79 Å². The summed E-state index contributed by atoms with van der Waals surface area (Å²) in [6.45, 7) is 6.05. The van der Waals surface area contributed by atoms with Crippen LogP contribution in [0, 0.1) is 0 Å². The molecule has 1 rings (SSSR count). The molecule has 0 atom stereocenters. The number of para-hydroxylation sites is 2. The van der Waals surface area contributed by atoms with Crippen molar-refractivity contribution in [3.63, 3.8) is 0 Å². The number of benzene rings is 1. The van der Waals surface area contributed by atoms with E-state index >= 15 is 0 Å². The zero-order valence-corrected chi connectivity index (χ0v) is 19.6. The monoisotopic (exact) mass is 418 g/mol. The summed E-state index contributed by atoms with van der Waals surface area (Å²) in [5.74, 6) is 0.702. The van der Waals surface area contributed by atoms with Gasteiger partial charge in [0.2, 0.25) is 5.91 Å². The van der Waals surface area contributed by atoms with E-state index in [2.05, 4.69) is 17.6 Å². The number of hydrogen-bond donors (Lipinski definition) is 2. The predicted molar refractivity (Wildman–Crippen MR) is 129 cm³/mol. The number of carbonyl (C=O) groups is 1. The van der Waals surface area contributed by atoms with Crippen molar-refractivity contribution in [2.24, 2.45) is 0 Å². The molecule has 2 N–H and O–H groups in total. The Balaban J connectivity index is 1.88. The Morgan fingerprint density at radius 1 is 0.767 bits per heavy atom. The maximum atomic E-state index is 12.1. The van der Waals surface area contributed by atoms with Gasteiger partial charge in [0.25, 0.3) is 0 Å². The molecule has 0 aliphatic heterocycles. The molecule has 0 aliphatic carbocycles.